The second-order valence-electron chi connectivity index (χ2n) is 4.53. The molecule has 0 saturated carbocycles. The summed E-state index contributed by atoms with van der Waals surface area (Å²) in [5.41, 5.74) is 1.65. The van der Waals surface area contributed by atoms with Crippen LogP contribution in [0.1, 0.15) is 23.7 Å². The van der Waals surface area contributed by atoms with Gasteiger partial charge in [0.2, 0.25) is 10.0 Å². The van der Waals surface area contributed by atoms with Gasteiger partial charge in [0.05, 0.1) is 19.0 Å². The van der Waals surface area contributed by atoms with Crippen molar-refractivity contribution in [3.8, 4) is 0 Å². The highest BCUT2D eigenvalue weighted by Crippen LogP contribution is 2.27. The van der Waals surface area contributed by atoms with Crippen molar-refractivity contribution >= 4 is 15.9 Å². The van der Waals surface area contributed by atoms with Gasteiger partial charge in [-0.05, 0) is 24.0 Å². The molecule has 2 rings (SSSR count). The number of alkyl halides is 1. The average Bonchev–Trinajstić information content (AvgIpc) is 2.44. The SMILES string of the molecule is O=C(NS(=O)(=O)CCCF)[C@H]1OCCc2ccccc21. The quantitative estimate of drug-likeness (QED) is 0.884. The predicted octanol–water partition coefficient (Wildman–Crippen LogP) is 1.11. The minimum Gasteiger partial charge on any atom is -0.363 e. The number of fused-ring (bicyclic) bond motifs is 1. The molecule has 1 aliphatic rings. The smallest absolute Gasteiger partial charge is 0.267 e. The summed E-state index contributed by atoms with van der Waals surface area (Å²) in [7, 11) is -3.81. The molecule has 0 unspecified atom stereocenters. The Morgan fingerprint density at radius 2 is 2.15 bits per heavy atom. The molecule has 1 atom stereocenters. The molecule has 5 nitrogen and oxygen atoms in total. The molecular weight excluding hydrogens is 285 g/mol. The Labute approximate surface area is 117 Å². The van der Waals surface area contributed by atoms with Crippen LogP contribution in [0.2, 0.25) is 0 Å². The molecule has 1 N–H and O–H groups in total. The molecule has 0 fully saturated rings. The van der Waals surface area contributed by atoms with Gasteiger partial charge in [0, 0.05) is 0 Å². The van der Waals surface area contributed by atoms with Crippen molar-refractivity contribution in [1.29, 1.82) is 0 Å². The lowest BCUT2D eigenvalue weighted by molar-refractivity contribution is -0.132. The number of nitrogens with one attached hydrogen (secondary N) is 1. The largest absolute Gasteiger partial charge is 0.363 e. The molecule has 0 radical (unpaired) electrons. The van der Waals surface area contributed by atoms with Crippen LogP contribution in [-0.2, 0) is 26.0 Å². The monoisotopic (exact) mass is 301 g/mol. The number of carbonyl (C=O) groups is 1. The summed E-state index contributed by atoms with van der Waals surface area (Å²) in [6, 6.07) is 7.26. The molecule has 110 valence electrons. The van der Waals surface area contributed by atoms with Gasteiger partial charge in [-0.1, -0.05) is 24.3 Å². The molecule has 0 saturated heterocycles. The Hall–Kier alpha value is -1.47. The van der Waals surface area contributed by atoms with E-state index in [0.717, 1.165) is 5.56 Å². The van der Waals surface area contributed by atoms with Crippen LogP contribution in [0.15, 0.2) is 24.3 Å². The van der Waals surface area contributed by atoms with Crippen LogP contribution in [0.4, 0.5) is 4.39 Å². The van der Waals surface area contributed by atoms with Gasteiger partial charge in [-0.15, -0.1) is 0 Å². The van der Waals surface area contributed by atoms with E-state index in [2.05, 4.69) is 0 Å². The zero-order valence-electron chi connectivity index (χ0n) is 10.8. The van der Waals surface area contributed by atoms with E-state index in [-0.39, 0.29) is 6.42 Å². The lowest BCUT2D eigenvalue weighted by Gasteiger charge is -2.25. The highest BCUT2D eigenvalue weighted by molar-refractivity contribution is 7.90. The van der Waals surface area contributed by atoms with Crippen LogP contribution in [0.5, 0.6) is 0 Å². The molecule has 1 aromatic rings. The van der Waals surface area contributed by atoms with E-state index in [1.807, 2.05) is 16.9 Å². The summed E-state index contributed by atoms with van der Waals surface area (Å²) in [5, 5.41) is 0. The molecule has 1 aliphatic heterocycles. The molecule has 0 aliphatic carbocycles. The lowest BCUT2D eigenvalue weighted by Crippen LogP contribution is -2.38. The van der Waals surface area contributed by atoms with E-state index >= 15 is 0 Å². The molecule has 0 aromatic heterocycles. The highest BCUT2D eigenvalue weighted by Gasteiger charge is 2.29. The van der Waals surface area contributed by atoms with Crippen LogP contribution in [0.25, 0.3) is 0 Å². The van der Waals surface area contributed by atoms with E-state index < -0.39 is 34.5 Å². The minimum atomic E-state index is -3.81. The van der Waals surface area contributed by atoms with Gasteiger partial charge in [0.25, 0.3) is 5.91 Å². The van der Waals surface area contributed by atoms with Crippen molar-refractivity contribution in [2.24, 2.45) is 0 Å². The van der Waals surface area contributed by atoms with Gasteiger partial charge in [-0.3, -0.25) is 13.9 Å². The number of halogens is 1. The first-order chi connectivity index (χ1) is 9.53. The standard InChI is InChI=1S/C13H16FNO4S/c14-7-3-9-20(17,18)15-13(16)12-11-5-2-1-4-10(11)6-8-19-12/h1-2,4-5,12H,3,6-9H2,(H,15,16)/t12-/m0/s1. The number of amides is 1. The Balaban J connectivity index is 2.11. The summed E-state index contributed by atoms with van der Waals surface area (Å²) in [5.74, 6) is -1.14. The molecule has 7 heteroatoms. The number of rotatable bonds is 5. The summed E-state index contributed by atoms with van der Waals surface area (Å²) in [6.45, 7) is -0.377. The maximum atomic E-state index is 12.0. The molecule has 1 amide bonds. The second-order valence-corrected chi connectivity index (χ2v) is 6.37. The van der Waals surface area contributed by atoms with E-state index in [9.17, 15) is 17.6 Å². The number of benzene rings is 1. The first-order valence-corrected chi connectivity index (χ1v) is 7.98. The van der Waals surface area contributed by atoms with Gasteiger partial charge in [0.1, 0.15) is 0 Å². The van der Waals surface area contributed by atoms with Crippen molar-refractivity contribution in [3.63, 3.8) is 0 Å². The van der Waals surface area contributed by atoms with Crippen molar-refractivity contribution in [3.05, 3.63) is 35.4 Å². The number of sulfonamides is 1. The fourth-order valence-corrected chi connectivity index (χ4v) is 3.12. The van der Waals surface area contributed by atoms with E-state index in [1.54, 1.807) is 12.1 Å². The number of hydrogen-bond donors (Lipinski definition) is 1. The van der Waals surface area contributed by atoms with Gasteiger partial charge < -0.3 is 4.74 Å². The second kappa shape index (κ2) is 6.32. The van der Waals surface area contributed by atoms with Crippen LogP contribution < -0.4 is 4.72 Å². The van der Waals surface area contributed by atoms with Gasteiger partial charge >= 0.3 is 0 Å². The Bertz CT molecular complexity index is 588. The van der Waals surface area contributed by atoms with Gasteiger partial charge in [0.15, 0.2) is 6.10 Å². The topological polar surface area (TPSA) is 72.5 Å². The fourth-order valence-electron chi connectivity index (χ4n) is 2.11. The highest BCUT2D eigenvalue weighted by atomic mass is 32.2. The Kier molecular flexibility index (Phi) is 4.72. The number of hydrogen-bond acceptors (Lipinski definition) is 4. The van der Waals surface area contributed by atoms with Crippen LogP contribution in [0, 0.1) is 0 Å². The van der Waals surface area contributed by atoms with Crippen molar-refractivity contribution in [1.82, 2.24) is 4.72 Å². The summed E-state index contributed by atoms with van der Waals surface area (Å²) >= 11 is 0. The maximum absolute atomic E-state index is 12.0. The zero-order chi connectivity index (χ0) is 14.6. The Morgan fingerprint density at radius 1 is 1.40 bits per heavy atom. The van der Waals surface area contributed by atoms with Crippen LogP contribution in [-0.4, -0.2) is 33.4 Å². The average molecular weight is 301 g/mol. The van der Waals surface area contributed by atoms with Gasteiger partial charge in [-0.2, -0.15) is 0 Å². The molecule has 1 aromatic carbocycles. The number of carbonyl (C=O) groups excluding carboxylic acids is 1. The van der Waals surface area contributed by atoms with Crippen molar-refractivity contribution in [2.75, 3.05) is 19.0 Å². The van der Waals surface area contributed by atoms with Gasteiger partial charge in [-0.25, -0.2) is 8.42 Å². The van der Waals surface area contributed by atoms with E-state index in [1.165, 1.54) is 0 Å². The van der Waals surface area contributed by atoms with Crippen LogP contribution >= 0.6 is 0 Å². The molecular formula is C13H16FNO4S. The Morgan fingerprint density at radius 3 is 2.90 bits per heavy atom. The maximum Gasteiger partial charge on any atom is 0.267 e. The molecule has 0 bridgehead atoms. The summed E-state index contributed by atoms with van der Waals surface area (Å²) in [6.07, 6.45) is -0.376. The van der Waals surface area contributed by atoms with Crippen molar-refractivity contribution < 1.29 is 22.3 Å². The normalized spacial score (nSPS) is 18.4. The van der Waals surface area contributed by atoms with E-state index in [4.69, 9.17) is 4.74 Å². The summed E-state index contributed by atoms with van der Waals surface area (Å²) in [4.78, 5) is 12.0. The summed E-state index contributed by atoms with van der Waals surface area (Å²) < 4.78 is 42.5. The molecule has 0 spiro atoms. The fraction of sp³-hybridized carbons (Fsp3) is 0.462. The lowest BCUT2D eigenvalue weighted by atomic mass is 9.97. The zero-order valence-corrected chi connectivity index (χ0v) is 11.7. The molecule has 20 heavy (non-hydrogen) atoms. The first-order valence-electron chi connectivity index (χ1n) is 6.33. The third kappa shape index (κ3) is 3.55. The first kappa shape index (κ1) is 14.9. The molecule has 1 heterocycles. The van der Waals surface area contributed by atoms with Crippen molar-refractivity contribution in [2.45, 2.75) is 18.9 Å². The van der Waals surface area contributed by atoms with E-state index in [0.29, 0.717) is 18.6 Å². The minimum absolute atomic E-state index is 0.134. The third-order valence-corrected chi connectivity index (χ3v) is 4.37. The van der Waals surface area contributed by atoms with Crippen LogP contribution in [0.3, 0.4) is 0 Å². The predicted molar refractivity (Wildman–Crippen MR) is 71.4 cm³/mol. The third-order valence-electron chi connectivity index (χ3n) is 3.03. The number of ether oxygens (including phenoxy) is 1.